The summed E-state index contributed by atoms with van der Waals surface area (Å²) in [5, 5.41) is 3.38. The molecule has 8 rings (SSSR count). The van der Waals surface area contributed by atoms with Crippen LogP contribution in [0.2, 0.25) is 0 Å². The molecule has 0 atom stereocenters. The van der Waals surface area contributed by atoms with E-state index in [1.165, 1.54) is 19.5 Å². The number of benzene rings is 5. The Hall–Kier alpha value is -4.78. The summed E-state index contributed by atoms with van der Waals surface area (Å²) in [6, 6.07) is 41.6. The Morgan fingerprint density at radius 1 is 0.425 bits per heavy atom. The Morgan fingerprint density at radius 2 is 1.07 bits per heavy atom. The molecule has 0 aliphatic carbocycles. The summed E-state index contributed by atoms with van der Waals surface area (Å²) in [7, 11) is 0. The van der Waals surface area contributed by atoms with Crippen LogP contribution in [0.15, 0.2) is 121 Å². The predicted molar refractivity (Wildman–Crippen MR) is 168 cm³/mol. The lowest BCUT2D eigenvalue weighted by Gasteiger charge is -2.09. The van der Waals surface area contributed by atoms with Crippen LogP contribution >= 0.6 is 22.7 Å². The van der Waals surface area contributed by atoms with E-state index in [0.29, 0.717) is 17.5 Å². The van der Waals surface area contributed by atoms with Gasteiger partial charge in [-0.05, 0) is 30.3 Å². The van der Waals surface area contributed by atoms with Crippen molar-refractivity contribution in [3.8, 4) is 44.7 Å². The van der Waals surface area contributed by atoms with Crippen LogP contribution in [0.4, 0.5) is 0 Å². The molecule has 0 bridgehead atoms. The highest BCUT2D eigenvalue weighted by Gasteiger charge is 2.17. The van der Waals surface area contributed by atoms with E-state index in [1.54, 1.807) is 22.7 Å². The minimum Gasteiger partial charge on any atom is -0.236 e. The summed E-state index contributed by atoms with van der Waals surface area (Å²) in [4.78, 5) is 19.8. The van der Waals surface area contributed by atoms with E-state index >= 15 is 0 Å². The van der Waals surface area contributed by atoms with Gasteiger partial charge in [-0.25, -0.2) is 19.9 Å². The van der Waals surface area contributed by atoms with Crippen LogP contribution in [0.25, 0.3) is 75.1 Å². The second-order valence-electron chi connectivity index (χ2n) is 9.52. The zero-order chi connectivity index (χ0) is 26.5. The molecule has 5 aromatic carbocycles. The highest BCUT2D eigenvalue weighted by molar-refractivity contribution is 7.26. The Morgan fingerprint density at radius 3 is 1.80 bits per heavy atom. The average molecular weight is 549 g/mol. The van der Waals surface area contributed by atoms with Crippen molar-refractivity contribution in [3.05, 3.63) is 121 Å². The third kappa shape index (κ3) is 3.97. The monoisotopic (exact) mass is 548 g/mol. The SMILES string of the molecule is c1ccc(-c2nc(-c3ccccc3)nc(-c3cccc4sc5ccc(-c6nc7ccccc7s6)cc5c34)n2)cc1. The van der Waals surface area contributed by atoms with Crippen molar-refractivity contribution in [3.63, 3.8) is 0 Å². The van der Waals surface area contributed by atoms with E-state index in [-0.39, 0.29) is 0 Å². The van der Waals surface area contributed by atoms with Crippen molar-refractivity contribution in [2.75, 3.05) is 0 Å². The third-order valence-corrected chi connectivity index (χ3v) is 9.20. The molecular weight excluding hydrogens is 529 g/mol. The van der Waals surface area contributed by atoms with Crippen molar-refractivity contribution in [1.82, 2.24) is 19.9 Å². The summed E-state index contributed by atoms with van der Waals surface area (Å²) in [6.07, 6.45) is 0. The van der Waals surface area contributed by atoms with Gasteiger partial charge >= 0.3 is 0 Å². The molecule has 4 nitrogen and oxygen atoms in total. The maximum atomic E-state index is 5.02. The van der Waals surface area contributed by atoms with E-state index in [4.69, 9.17) is 19.9 Å². The van der Waals surface area contributed by atoms with Gasteiger partial charge < -0.3 is 0 Å². The van der Waals surface area contributed by atoms with Gasteiger partial charge in [0.05, 0.1) is 10.2 Å². The summed E-state index contributed by atoms with van der Waals surface area (Å²) in [5.74, 6) is 2.00. The van der Waals surface area contributed by atoms with E-state index in [9.17, 15) is 0 Å². The lowest BCUT2D eigenvalue weighted by molar-refractivity contribution is 1.08. The van der Waals surface area contributed by atoms with Crippen LogP contribution in [-0.4, -0.2) is 19.9 Å². The van der Waals surface area contributed by atoms with Gasteiger partial charge in [-0.3, -0.25) is 0 Å². The Bertz CT molecular complexity index is 2080. The first-order valence-electron chi connectivity index (χ1n) is 13.0. The largest absolute Gasteiger partial charge is 0.236 e. The topological polar surface area (TPSA) is 51.6 Å². The second-order valence-corrected chi connectivity index (χ2v) is 11.6. The fourth-order valence-corrected chi connectivity index (χ4v) is 7.15. The standard InChI is InChI=1S/C34H20N4S2/c1-3-10-21(11-4-1)31-36-32(22-12-5-2-6-13-22)38-33(37-31)24-14-9-17-29-30(24)25-20-23(18-19-27(25)39-29)34-35-26-15-7-8-16-28(26)40-34/h1-20H. The first-order chi connectivity index (χ1) is 19.8. The molecule has 0 spiro atoms. The minimum atomic E-state index is 0.663. The number of para-hydroxylation sites is 1. The molecule has 188 valence electrons. The Labute approximate surface area is 238 Å². The maximum absolute atomic E-state index is 5.02. The molecule has 3 aromatic heterocycles. The van der Waals surface area contributed by atoms with Crippen LogP contribution in [0.5, 0.6) is 0 Å². The number of hydrogen-bond acceptors (Lipinski definition) is 6. The molecule has 0 saturated heterocycles. The van der Waals surface area contributed by atoms with Gasteiger partial charge in [-0.15, -0.1) is 22.7 Å². The fraction of sp³-hybridized carbons (Fsp3) is 0. The number of fused-ring (bicyclic) bond motifs is 4. The Balaban J connectivity index is 1.36. The molecular formula is C34H20N4S2. The highest BCUT2D eigenvalue weighted by Crippen LogP contribution is 2.42. The number of thiophene rings is 1. The summed E-state index contributed by atoms with van der Waals surface area (Å²) in [5.41, 5.74) is 5.08. The van der Waals surface area contributed by atoms with Crippen LogP contribution in [-0.2, 0) is 0 Å². The fourth-order valence-electron chi connectivity index (χ4n) is 5.07. The minimum absolute atomic E-state index is 0.663. The number of hydrogen-bond donors (Lipinski definition) is 0. The molecule has 0 aliphatic heterocycles. The van der Waals surface area contributed by atoms with Gasteiger partial charge in [0.25, 0.3) is 0 Å². The zero-order valence-electron chi connectivity index (χ0n) is 21.2. The van der Waals surface area contributed by atoms with Gasteiger partial charge in [-0.2, -0.15) is 0 Å². The quantitative estimate of drug-likeness (QED) is 0.220. The van der Waals surface area contributed by atoms with Crippen LogP contribution in [0.1, 0.15) is 0 Å². The maximum Gasteiger partial charge on any atom is 0.164 e. The molecule has 0 amide bonds. The van der Waals surface area contributed by atoms with E-state index in [1.807, 2.05) is 66.7 Å². The van der Waals surface area contributed by atoms with Crippen molar-refractivity contribution in [2.24, 2.45) is 0 Å². The van der Waals surface area contributed by atoms with Crippen molar-refractivity contribution in [2.45, 2.75) is 0 Å². The first kappa shape index (κ1) is 23.1. The van der Waals surface area contributed by atoms with Gasteiger partial charge in [0.2, 0.25) is 0 Å². The molecule has 0 radical (unpaired) electrons. The molecule has 0 fully saturated rings. The smallest absolute Gasteiger partial charge is 0.164 e. The molecule has 0 saturated carbocycles. The number of rotatable bonds is 4. The lowest BCUT2D eigenvalue weighted by atomic mass is 10.0. The normalized spacial score (nSPS) is 11.5. The first-order valence-corrected chi connectivity index (χ1v) is 14.6. The predicted octanol–water partition coefficient (Wildman–Crippen LogP) is 9.52. The molecule has 3 heterocycles. The molecule has 0 aliphatic rings. The summed E-state index contributed by atoms with van der Waals surface area (Å²) < 4.78 is 3.63. The Kier molecular flexibility index (Phi) is 5.47. The lowest BCUT2D eigenvalue weighted by Crippen LogP contribution is -2.00. The zero-order valence-corrected chi connectivity index (χ0v) is 22.8. The number of thiazole rings is 1. The molecule has 40 heavy (non-hydrogen) atoms. The van der Waals surface area contributed by atoms with E-state index in [2.05, 4.69) is 54.6 Å². The van der Waals surface area contributed by atoms with E-state index in [0.717, 1.165) is 38.2 Å². The average Bonchev–Trinajstić information content (AvgIpc) is 3.63. The van der Waals surface area contributed by atoms with Gasteiger partial charge in [0, 0.05) is 42.4 Å². The number of aromatic nitrogens is 4. The number of nitrogens with zero attached hydrogens (tertiary/aromatic N) is 4. The van der Waals surface area contributed by atoms with Crippen LogP contribution in [0.3, 0.4) is 0 Å². The third-order valence-electron chi connectivity index (χ3n) is 6.98. The van der Waals surface area contributed by atoms with E-state index < -0.39 is 0 Å². The van der Waals surface area contributed by atoms with Crippen molar-refractivity contribution in [1.29, 1.82) is 0 Å². The molecule has 0 unspecified atom stereocenters. The highest BCUT2D eigenvalue weighted by atomic mass is 32.1. The second kappa shape index (κ2) is 9.45. The van der Waals surface area contributed by atoms with Crippen LogP contribution < -0.4 is 0 Å². The molecule has 6 heteroatoms. The van der Waals surface area contributed by atoms with Crippen LogP contribution in [0, 0.1) is 0 Å². The summed E-state index contributed by atoms with van der Waals surface area (Å²) >= 11 is 3.52. The van der Waals surface area contributed by atoms with Gasteiger partial charge in [-0.1, -0.05) is 91.0 Å². The molecule has 8 aromatic rings. The van der Waals surface area contributed by atoms with Crippen molar-refractivity contribution >= 4 is 53.1 Å². The van der Waals surface area contributed by atoms with Crippen molar-refractivity contribution < 1.29 is 0 Å². The van der Waals surface area contributed by atoms with Gasteiger partial charge in [0.15, 0.2) is 17.5 Å². The summed E-state index contributed by atoms with van der Waals surface area (Å²) in [6.45, 7) is 0. The molecule has 0 N–H and O–H groups in total. The van der Waals surface area contributed by atoms with Gasteiger partial charge in [0.1, 0.15) is 5.01 Å².